The molecule has 0 radical (unpaired) electrons. The second kappa shape index (κ2) is 7.18. The normalized spacial score (nSPS) is 12.6. The van der Waals surface area contributed by atoms with E-state index in [1.807, 2.05) is 0 Å². The lowest BCUT2D eigenvalue weighted by atomic mass is 10.0. The van der Waals surface area contributed by atoms with Crippen LogP contribution < -0.4 is 4.90 Å². The predicted molar refractivity (Wildman–Crippen MR) is 91.8 cm³/mol. The van der Waals surface area contributed by atoms with Gasteiger partial charge in [0.25, 0.3) is 0 Å². The molecule has 1 unspecified atom stereocenters. The highest BCUT2D eigenvalue weighted by Crippen LogP contribution is 2.33. The Balaban J connectivity index is 2.32. The molecule has 2 aromatic heterocycles. The molecule has 0 saturated carbocycles. The molecule has 21 heavy (non-hydrogen) atoms. The zero-order valence-corrected chi connectivity index (χ0v) is 14.6. The van der Waals surface area contributed by atoms with Gasteiger partial charge in [0, 0.05) is 10.9 Å². The molecule has 2 heterocycles. The van der Waals surface area contributed by atoms with Crippen LogP contribution in [0.3, 0.4) is 0 Å². The first-order chi connectivity index (χ1) is 10.1. The number of aldehydes is 1. The van der Waals surface area contributed by atoms with Crippen LogP contribution in [0.15, 0.2) is 17.5 Å². The van der Waals surface area contributed by atoms with E-state index in [1.165, 1.54) is 16.2 Å². The van der Waals surface area contributed by atoms with E-state index in [0.29, 0.717) is 12.0 Å². The third-order valence-corrected chi connectivity index (χ3v) is 5.53. The zero-order chi connectivity index (χ0) is 15.4. The van der Waals surface area contributed by atoms with Crippen LogP contribution in [0.5, 0.6) is 0 Å². The van der Waals surface area contributed by atoms with Gasteiger partial charge in [-0.25, -0.2) is 4.98 Å². The van der Waals surface area contributed by atoms with Crippen molar-refractivity contribution in [3.05, 3.63) is 33.0 Å². The Hall–Kier alpha value is -1.20. The van der Waals surface area contributed by atoms with E-state index in [0.717, 1.165) is 35.0 Å². The number of nitrogens with zero attached hydrogens (tertiary/aromatic N) is 2. The molecule has 0 aliphatic carbocycles. The summed E-state index contributed by atoms with van der Waals surface area (Å²) in [6, 6.07) is 4.56. The summed E-state index contributed by atoms with van der Waals surface area (Å²) >= 11 is 3.27. The van der Waals surface area contributed by atoms with E-state index in [1.54, 1.807) is 11.3 Å². The van der Waals surface area contributed by atoms with Crippen molar-refractivity contribution in [1.82, 2.24) is 4.98 Å². The first-order valence-corrected chi connectivity index (χ1v) is 9.01. The molecule has 114 valence electrons. The third kappa shape index (κ3) is 3.71. The number of hydrogen-bond donors (Lipinski definition) is 0. The van der Waals surface area contributed by atoms with Gasteiger partial charge in [-0.1, -0.05) is 31.3 Å². The van der Waals surface area contributed by atoms with Gasteiger partial charge < -0.3 is 4.90 Å². The summed E-state index contributed by atoms with van der Waals surface area (Å²) in [7, 11) is 0. The molecule has 0 saturated heterocycles. The van der Waals surface area contributed by atoms with Crippen LogP contribution in [0, 0.1) is 0 Å². The SMILES string of the molecule is CCC(C)c1nc(N(Cc2cccs2)C(C)C)sc1C=O. The molecule has 2 rings (SSSR count). The standard InChI is InChI=1S/C16H22N2OS2/c1-5-12(4)15-14(10-19)21-16(17-15)18(11(2)3)9-13-7-6-8-20-13/h6-8,10-12H,5,9H2,1-4H3. The Labute approximate surface area is 134 Å². The number of carbonyl (C=O) groups is 1. The molecule has 5 heteroatoms. The fourth-order valence-electron chi connectivity index (χ4n) is 2.13. The van der Waals surface area contributed by atoms with Gasteiger partial charge in [-0.3, -0.25) is 4.79 Å². The van der Waals surface area contributed by atoms with Crippen molar-refractivity contribution in [2.24, 2.45) is 0 Å². The topological polar surface area (TPSA) is 33.2 Å². The van der Waals surface area contributed by atoms with Gasteiger partial charge in [0.2, 0.25) is 0 Å². The van der Waals surface area contributed by atoms with Gasteiger partial charge >= 0.3 is 0 Å². The number of carbonyl (C=O) groups excluding carboxylic acids is 1. The lowest BCUT2D eigenvalue weighted by molar-refractivity contribution is 0.112. The maximum absolute atomic E-state index is 11.3. The molecular formula is C16H22N2OS2. The van der Waals surface area contributed by atoms with E-state index < -0.39 is 0 Å². The number of thiophene rings is 1. The average molecular weight is 322 g/mol. The number of aromatic nitrogens is 1. The smallest absolute Gasteiger partial charge is 0.186 e. The lowest BCUT2D eigenvalue weighted by Gasteiger charge is -2.25. The van der Waals surface area contributed by atoms with Gasteiger partial charge in [-0.2, -0.15) is 0 Å². The Morgan fingerprint density at radius 3 is 2.67 bits per heavy atom. The van der Waals surface area contributed by atoms with Crippen LogP contribution in [0.2, 0.25) is 0 Å². The van der Waals surface area contributed by atoms with Crippen molar-refractivity contribution in [1.29, 1.82) is 0 Å². The first kappa shape index (κ1) is 16.2. The fraction of sp³-hybridized carbons (Fsp3) is 0.500. The highest BCUT2D eigenvalue weighted by atomic mass is 32.1. The van der Waals surface area contributed by atoms with Gasteiger partial charge in [-0.05, 0) is 37.6 Å². The van der Waals surface area contributed by atoms with Crippen molar-refractivity contribution in [2.45, 2.75) is 52.6 Å². The van der Waals surface area contributed by atoms with Gasteiger partial charge in [0.15, 0.2) is 11.4 Å². The molecule has 3 nitrogen and oxygen atoms in total. The van der Waals surface area contributed by atoms with E-state index in [2.05, 4.69) is 50.1 Å². The summed E-state index contributed by atoms with van der Waals surface area (Å²) in [4.78, 5) is 20.5. The Kier molecular flexibility index (Phi) is 5.53. The maximum Gasteiger partial charge on any atom is 0.186 e. The van der Waals surface area contributed by atoms with Crippen molar-refractivity contribution in [2.75, 3.05) is 4.90 Å². The molecule has 2 aromatic rings. The molecule has 0 aliphatic rings. The van der Waals surface area contributed by atoms with E-state index in [4.69, 9.17) is 4.98 Å². The van der Waals surface area contributed by atoms with Crippen molar-refractivity contribution in [3.8, 4) is 0 Å². The monoisotopic (exact) mass is 322 g/mol. The Bertz CT molecular complexity index is 575. The largest absolute Gasteiger partial charge is 0.341 e. The molecule has 0 aliphatic heterocycles. The van der Waals surface area contributed by atoms with Crippen LogP contribution >= 0.6 is 22.7 Å². The second-order valence-electron chi connectivity index (χ2n) is 5.47. The number of hydrogen-bond acceptors (Lipinski definition) is 5. The molecular weight excluding hydrogens is 300 g/mol. The van der Waals surface area contributed by atoms with Gasteiger partial charge in [0.05, 0.1) is 17.1 Å². The summed E-state index contributed by atoms with van der Waals surface area (Å²) in [5, 5.41) is 3.05. The third-order valence-electron chi connectivity index (χ3n) is 3.63. The number of thiazole rings is 1. The minimum Gasteiger partial charge on any atom is -0.341 e. The van der Waals surface area contributed by atoms with Crippen molar-refractivity contribution >= 4 is 34.1 Å². The van der Waals surface area contributed by atoms with E-state index in [9.17, 15) is 4.79 Å². The summed E-state index contributed by atoms with van der Waals surface area (Å²) in [5.74, 6) is 0.325. The van der Waals surface area contributed by atoms with Crippen molar-refractivity contribution in [3.63, 3.8) is 0 Å². The lowest BCUT2D eigenvalue weighted by Crippen LogP contribution is -2.29. The van der Waals surface area contributed by atoms with Crippen molar-refractivity contribution < 1.29 is 4.79 Å². The predicted octanol–water partition coefficient (Wildman–Crippen LogP) is 4.95. The zero-order valence-electron chi connectivity index (χ0n) is 13.0. The molecule has 0 N–H and O–H groups in total. The first-order valence-electron chi connectivity index (χ1n) is 7.31. The van der Waals surface area contributed by atoms with Crippen LogP contribution in [0.25, 0.3) is 0 Å². The molecule has 1 atom stereocenters. The van der Waals surface area contributed by atoms with Gasteiger partial charge in [-0.15, -0.1) is 11.3 Å². The summed E-state index contributed by atoms with van der Waals surface area (Å²) in [6.07, 6.45) is 1.95. The molecule has 0 spiro atoms. The Morgan fingerprint density at radius 1 is 1.38 bits per heavy atom. The van der Waals surface area contributed by atoms with Crippen LogP contribution in [0.4, 0.5) is 5.13 Å². The van der Waals surface area contributed by atoms with E-state index in [-0.39, 0.29) is 0 Å². The average Bonchev–Trinajstić information content (AvgIpc) is 3.12. The summed E-state index contributed by atoms with van der Waals surface area (Å²) in [6.45, 7) is 9.44. The number of anilines is 1. The maximum atomic E-state index is 11.3. The minimum atomic E-state index is 0.325. The molecule has 0 amide bonds. The van der Waals surface area contributed by atoms with Gasteiger partial charge in [0.1, 0.15) is 0 Å². The highest BCUT2D eigenvalue weighted by molar-refractivity contribution is 7.17. The van der Waals surface area contributed by atoms with E-state index >= 15 is 0 Å². The molecule has 0 fully saturated rings. The highest BCUT2D eigenvalue weighted by Gasteiger charge is 2.21. The van der Waals surface area contributed by atoms with Crippen LogP contribution in [-0.2, 0) is 6.54 Å². The minimum absolute atomic E-state index is 0.325. The fourth-order valence-corrected chi connectivity index (χ4v) is 3.96. The number of rotatable bonds is 7. The summed E-state index contributed by atoms with van der Waals surface area (Å²) in [5.41, 5.74) is 0.948. The molecule has 0 bridgehead atoms. The van der Waals surface area contributed by atoms with Crippen LogP contribution in [0.1, 0.15) is 60.3 Å². The van der Waals surface area contributed by atoms with Crippen LogP contribution in [-0.4, -0.2) is 17.3 Å². The quantitative estimate of drug-likeness (QED) is 0.677. The summed E-state index contributed by atoms with van der Waals surface area (Å²) < 4.78 is 0. The second-order valence-corrected chi connectivity index (χ2v) is 7.52. The molecule has 0 aromatic carbocycles. The Morgan fingerprint density at radius 2 is 2.14 bits per heavy atom.